The number of hydrogen-bond donors (Lipinski definition) is 2. The minimum Gasteiger partial charge on any atom is -0.423 e. The normalized spacial score (nSPS) is 16.6. The van der Waals surface area contributed by atoms with E-state index in [-0.39, 0.29) is 11.9 Å². The Labute approximate surface area is 169 Å². The summed E-state index contributed by atoms with van der Waals surface area (Å²) in [6.07, 6.45) is 7.42. The summed E-state index contributed by atoms with van der Waals surface area (Å²) < 4.78 is 5.95. The molecule has 1 aliphatic rings. The zero-order valence-corrected chi connectivity index (χ0v) is 16.6. The topological polar surface area (TPSA) is 96.2 Å². The molecule has 1 atom stereocenters. The summed E-state index contributed by atoms with van der Waals surface area (Å²) in [4.78, 5) is 26.9. The second-order valence-corrected chi connectivity index (χ2v) is 7.04. The van der Waals surface area contributed by atoms with Crippen molar-refractivity contribution in [1.82, 2.24) is 20.3 Å². The Morgan fingerprint density at radius 2 is 2.07 bits per heavy atom. The molecule has 4 rings (SSSR count). The number of amides is 1. The molecule has 1 saturated heterocycles. The summed E-state index contributed by atoms with van der Waals surface area (Å²) in [5, 5.41) is 6.06. The van der Waals surface area contributed by atoms with Crippen LogP contribution in [0.1, 0.15) is 25.8 Å². The maximum absolute atomic E-state index is 11.9. The van der Waals surface area contributed by atoms with Gasteiger partial charge in [-0.1, -0.05) is 25.5 Å². The first kappa shape index (κ1) is 18.9. The molecule has 1 amide bonds. The van der Waals surface area contributed by atoms with Gasteiger partial charge in [0, 0.05) is 36.7 Å². The molecule has 1 unspecified atom stereocenters. The van der Waals surface area contributed by atoms with Crippen molar-refractivity contribution in [3.8, 4) is 11.3 Å². The predicted octanol–water partition coefficient (Wildman–Crippen LogP) is 3.15. The summed E-state index contributed by atoms with van der Waals surface area (Å²) in [5.74, 6) is 1.17. The highest BCUT2D eigenvalue weighted by molar-refractivity contribution is 5.85. The average molecular weight is 392 g/mol. The van der Waals surface area contributed by atoms with E-state index in [4.69, 9.17) is 4.42 Å². The van der Waals surface area contributed by atoms with Gasteiger partial charge < -0.3 is 20.0 Å². The van der Waals surface area contributed by atoms with Crippen molar-refractivity contribution in [3.05, 3.63) is 48.4 Å². The number of oxazole rings is 1. The lowest BCUT2D eigenvalue weighted by molar-refractivity contribution is -0.123. The highest BCUT2D eigenvalue weighted by Gasteiger charge is 2.28. The Balaban J connectivity index is 1.50. The summed E-state index contributed by atoms with van der Waals surface area (Å²) in [6.45, 7) is 5.22. The minimum absolute atomic E-state index is 0.0212. The number of hydrogen-bond acceptors (Lipinski definition) is 7. The van der Waals surface area contributed by atoms with Gasteiger partial charge in [0.15, 0.2) is 5.76 Å². The zero-order valence-electron chi connectivity index (χ0n) is 16.6. The van der Waals surface area contributed by atoms with Crippen molar-refractivity contribution < 1.29 is 9.21 Å². The minimum atomic E-state index is -0.309. The van der Waals surface area contributed by atoms with Gasteiger partial charge in [-0.25, -0.2) is 15.0 Å². The first-order valence-corrected chi connectivity index (χ1v) is 9.82. The van der Waals surface area contributed by atoms with E-state index in [0.29, 0.717) is 30.8 Å². The number of rotatable bonds is 6. The number of aryl methyl sites for hydroxylation is 1. The van der Waals surface area contributed by atoms with Crippen LogP contribution >= 0.6 is 0 Å². The van der Waals surface area contributed by atoms with Crippen molar-refractivity contribution in [3.63, 3.8) is 0 Å². The van der Waals surface area contributed by atoms with Gasteiger partial charge in [0.2, 0.25) is 11.9 Å². The number of carbonyl (C=O) groups excluding carboxylic acids is 1. The summed E-state index contributed by atoms with van der Waals surface area (Å²) >= 11 is 0. The number of nitrogens with zero attached hydrogens (tertiary/aromatic N) is 4. The molecule has 2 N–H and O–H groups in total. The van der Waals surface area contributed by atoms with Crippen LogP contribution in [0.4, 0.5) is 17.7 Å². The van der Waals surface area contributed by atoms with E-state index >= 15 is 0 Å². The van der Waals surface area contributed by atoms with Crippen molar-refractivity contribution in [2.75, 3.05) is 23.3 Å². The Morgan fingerprint density at radius 3 is 2.86 bits per heavy atom. The summed E-state index contributed by atoms with van der Waals surface area (Å²) in [7, 11) is 0. The molecule has 0 spiro atoms. The highest BCUT2D eigenvalue weighted by atomic mass is 16.4. The van der Waals surface area contributed by atoms with Gasteiger partial charge in [-0.05, 0) is 31.0 Å². The molecule has 8 heteroatoms. The van der Waals surface area contributed by atoms with Crippen molar-refractivity contribution in [2.45, 2.75) is 32.7 Å². The van der Waals surface area contributed by atoms with Crippen LogP contribution in [0.3, 0.4) is 0 Å². The van der Waals surface area contributed by atoms with E-state index in [1.165, 1.54) is 0 Å². The Kier molecular flexibility index (Phi) is 5.41. The smallest absolute Gasteiger partial charge is 0.298 e. The first-order valence-electron chi connectivity index (χ1n) is 9.82. The SMILES string of the molecule is CCCc1cnc(Nc2cccc(-c3cnc(N4CCNC(=O)C4C)o3)c2)nc1. The largest absolute Gasteiger partial charge is 0.423 e. The molecule has 2 aromatic heterocycles. The number of piperazine rings is 1. The van der Waals surface area contributed by atoms with Gasteiger partial charge in [0.1, 0.15) is 6.04 Å². The fraction of sp³-hybridized carbons (Fsp3) is 0.333. The zero-order chi connectivity index (χ0) is 20.2. The van der Waals surface area contributed by atoms with E-state index in [1.807, 2.05) is 48.5 Å². The van der Waals surface area contributed by atoms with Crippen LogP contribution < -0.4 is 15.5 Å². The van der Waals surface area contributed by atoms with Crippen molar-refractivity contribution in [2.24, 2.45) is 0 Å². The lowest BCUT2D eigenvalue weighted by Crippen LogP contribution is -2.54. The third-order valence-electron chi connectivity index (χ3n) is 4.89. The van der Waals surface area contributed by atoms with E-state index in [1.54, 1.807) is 6.20 Å². The maximum atomic E-state index is 11.9. The third-order valence-corrected chi connectivity index (χ3v) is 4.89. The summed E-state index contributed by atoms with van der Waals surface area (Å²) in [5.41, 5.74) is 2.86. The van der Waals surface area contributed by atoms with E-state index in [9.17, 15) is 4.79 Å². The van der Waals surface area contributed by atoms with Gasteiger partial charge in [-0.3, -0.25) is 4.79 Å². The molecule has 29 heavy (non-hydrogen) atoms. The number of nitrogens with one attached hydrogen (secondary N) is 2. The second-order valence-electron chi connectivity index (χ2n) is 7.04. The van der Waals surface area contributed by atoms with Gasteiger partial charge in [-0.2, -0.15) is 0 Å². The highest BCUT2D eigenvalue weighted by Crippen LogP contribution is 2.28. The Bertz CT molecular complexity index is 985. The van der Waals surface area contributed by atoms with Gasteiger partial charge in [0.25, 0.3) is 6.01 Å². The molecule has 1 aromatic carbocycles. The van der Waals surface area contributed by atoms with Crippen LogP contribution in [0.15, 0.2) is 47.3 Å². The Hall–Kier alpha value is -3.42. The molecule has 1 aliphatic heterocycles. The van der Waals surface area contributed by atoms with Crippen LogP contribution in [0.2, 0.25) is 0 Å². The number of aromatic nitrogens is 3. The monoisotopic (exact) mass is 392 g/mol. The molecule has 3 heterocycles. The van der Waals surface area contributed by atoms with Crippen molar-refractivity contribution in [1.29, 1.82) is 0 Å². The fourth-order valence-electron chi connectivity index (χ4n) is 3.29. The van der Waals surface area contributed by atoms with Crippen molar-refractivity contribution >= 4 is 23.6 Å². The quantitative estimate of drug-likeness (QED) is 0.665. The van der Waals surface area contributed by atoms with E-state index in [0.717, 1.165) is 29.7 Å². The molecular formula is C21H24N6O2. The average Bonchev–Trinajstić information content (AvgIpc) is 3.22. The lowest BCUT2D eigenvalue weighted by atomic mass is 10.1. The molecule has 0 radical (unpaired) electrons. The molecule has 3 aromatic rings. The van der Waals surface area contributed by atoms with Gasteiger partial charge >= 0.3 is 0 Å². The summed E-state index contributed by atoms with van der Waals surface area (Å²) in [6, 6.07) is 7.93. The van der Waals surface area contributed by atoms with Crippen LogP contribution in [0.5, 0.6) is 0 Å². The Morgan fingerprint density at radius 1 is 1.24 bits per heavy atom. The number of carbonyl (C=O) groups is 1. The fourth-order valence-corrected chi connectivity index (χ4v) is 3.29. The molecule has 8 nitrogen and oxygen atoms in total. The van der Waals surface area contributed by atoms with E-state index in [2.05, 4.69) is 32.5 Å². The molecule has 1 fully saturated rings. The third kappa shape index (κ3) is 4.21. The van der Waals surface area contributed by atoms with Gasteiger partial charge in [0.05, 0.1) is 6.20 Å². The number of anilines is 3. The van der Waals surface area contributed by atoms with E-state index < -0.39 is 0 Å². The maximum Gasteiger partial charge on any atom is 0.298 e. The molecule has 0 saturated carbocycles. The first-order chi connectivity index (χ1) is 14.1. The second kappa shape index (κ2) is 8.30. The standard InChI is InChI=1S/C21H24N6O2/c1-3-5-15-11-23-20(24-12-15)26-17-7-4-6-16(10-17)18-13-25-21(29-18)27-9-8-22-19(28)14(27)2/h4,6-7,10-14H,3,5,8-9H2,1-2H3,(H,22,28)(H,23,24,26). The van der Waals surface area contributed by atoms with Crippen LogP contribution in [0, 0.1) is 0 Å². The predicted molar refractivity (Wildman–Crippen MR) is 111 cm³/mol. The lowest BCUT2D eigenvalue weighted by Gasteiger charge is -2.31. The molecule has 0 bridgehead atoms. The van der Waals surface area contributed by atoms with Crippen LogP contribution in [0.25, 0.3) is 11.3 Å². The van der Waals surface area contributed by atoms with Gasteiger partial charge in [-0.15, -0.1) is 0 Å². The molecule has 0 aliphatic carbocycles. The number of benzene rings is 1. The van der Waals surface area contributed by atoms with Crippen LogP contribution in [-0.4, -0.2) is 40.0 Å². The van der Waals surface area contributed by atoms with Crippen LogP contribution in [-0.2, 0) is 11.2 Å². The molecular weight excluding hydrogens is 368 g/mol. The molecule has 150 valence electrons.